The Bertz CT molecular complexity index is 411. The molecule has 0 radical (unpaired) electrons. The second kappa shape index (κ2) is 5.48. The van der Waals surface area contributed by atoms with Gasteiger partial charge in [-0.1, -0.05) is 0 Å². The van der Waals surface area contributed by atoms with Gasteiger partial charge in [0, 0.05) is 25.7 Å². The summed E-state index contributed by atoms with van der Waals surface area (Å²) in [5, 5.41) is 5.99. The van der Waals surface area contributed by atoms with Crippen LogP contribution in [0.2, 0.25) is 0 Å². The summed E-state index contributed by atoms with van der Waals surface area (Å²) < 4.78 is 13.6. The third-order valence-electron chi connectivity index (χ3n) is 3.52. The minimum Gasteiger partial charge on any atom is -0.365 e. The monoisotopic (exact) mass is 253 g/mol. The van der Waals surface area contributed by atoms with Crippen LogP contribution in [0.4, 0.5) is 16.2 Å². The molecule has 5 nitrogen and oxygen atoms in total. The summed E-state index contributed by atoms with van der Waals surface area (Å²) in [6, 6.07) is 0.773. The molecule has 2 atom stereocenters. The first-order valence-corrected chi connectivity index (χ1v) is 6.27. The topological polar surface area (TPSA) is 53.1 Å². The molecule has 1 saturated heterocycles. The highest BCUT2D eigenvalue weighted by atomic mass is 19.1. The molecule has 2 rings (SSSR count). The Kier molecular flexibility index (Phi) is 3.96. The highest BCUT2D eigenvalue weighted by Crippen LogP contribution is 2.20. The molecule has 1 aromatic heterocycles. The van der Waals surface area contributed by atoms with E-state index in [1.807, 2.05) is 0 Å². The first kappa shape index (κ1) is 13.0. The molecule has 0 spiro atoms. The molecule has 18 heavy (non-hydrogen) atoms. The van der Waals surface area contributed by atoms with E-state index in [1.54, 1.807) is 7.05 Å². The largest absolute Gasteiger partial charge is 0.365 e. The van der Waals surface area contributed by atoms with Gasteiger partial charge >= 0.3 is 0 Å². The fourth-order valence-electron chi connectivity index (χ4n) is 2.20. The quantitative estimate of drug-likeness (QED) is 0.856. The van der Waals surface area contributed by atoms with Crippen molar-refractivity contribution in [2.75, 3.05) is 31.3 Å². The van der Waals surface area contributed by atoms with Gasteiger partial charge in [0.15, 0.2) is 11.6 Å². The molecule has 0 amide bonds. The van der Waals surface area contributed by atoms with Crippen molar-refractivity contribution in [3.05, 3.63) is 12.0 Å². The lowest BCUT2D eigenvalue weighted by atomic mass is 9.99. The number of hydrogen-bond acceptors (Lipinski definition) is 5. The third kappa shape index (κ3) is 2.87. The normalized spacial score (nSPS) is 24.9. The molecule has 2 N–H and O–H groups in total. The molecule has 1 fully saturated rings. The lowest BCUT2D eigenvalue weighted by Gasteiger charge is -2.35. The number of halogens is 1. The van der Waals surface area contributed by atoms with Crippen molar-refractivity contribution in [3.8, 4) is 0 Å². The van der Waals surface area contributed by atoms with Crippen molar-refractivity contribution in [2.24, 2.45) is 0 Å². The molecule has 1 aliphatic rings. The Morgan fingerprint density at radius 1 is 1.50 bits per heavy atom. The summed E-state index contributed by atoms with van der Waals surface area (Å²) >= 11 is 0. The van der Waals surface area contributed by atoms with Gasteiger partial charge in [0.05, 0.1) is 6.20 Å². The number of aromatic nitrogens is 2. The van der Waals surface area contributed by atoms with E-state index in [-0.39, 0.29) is 11.9 Å². The summed E-state index contributed by atoms with van der Waals surface area (Å²) in [5.41, 5.74) is 0. The second-order valence-electron chi connectivity index (χ2n) is 4.84. The molecular weight excluding hydrogens is 233 g/mol. The molecule has 1 aliphatic heterocycles. The average Bonchev–Trinajstić information content (AvgIpc) is 2.36. The fourth-order valence-corrected chi connectivity index (χ4v) is 2.20. The van der Waals surface area contributed by atoms with Gasteiger partial charge in [-0.15, -0.1) is 0 Å². The van der Waals surface area contributed by atoms with Gasteiger partial charge < -0.3 is 15.5 Å². The van der Waals surface area contributed by atoms with Gasteiger partial charge in [-0.05, 0) is 26.8 Å². The van der Waals surface area contributed by atoms with Crippen LogP contribution in [-0.4, -0.2) is 47.6 Å². The average molecular weight is 253 g/mol. The van der Waals surface area contributed by atoms with Crippen LogP contribution in [0.5, 0.6) is 0 Å². The van der Waals surface area contributed by atoms with Gasteiger partial charge in [-0.3, -0.25) is 0 Å². The van der Waals surface area contributed by atoms with E-state index in [9.17, 15) is 4.39 Å². The van der Waals surface area contributed by atoms with Gasteiger partial charge in [-0.25, -0.2) is 9.37 Å². The van der Waals surface area contributed by atoms with E-state index in [0.29, 0.717) is 12.0 Å². The molecular formula is C12H20FN5. The smallest absolute Gasteiger partial charge is 0.224 e. The fraction of sp³-hybridized carbons (Fsp3) is 0.667. The van der Waals surface area contributed by atoms with Gasteiger partial charge in [0.2, 0.25) is 5.95 Å². The van der Waals surface area contributed by atoms with E-state index < -0.39 is 5.82 Å². The second-order valence-corrected chi connectivity index (χ2v) is 4.84. The minimum atomic E-state index is -0.402. The maximum atomic E-state index is 13.6. The van der Waals surface area contributed by atoms with Crippen molar-refractivity contribution in [1.82, 2.24) is 14.9 Å². The zero-order chi connectivity index (χ0) is 13.1. The zero-order valence-electron chi connectivity index (χ0n) is 11.1. The highest BCUT2D eigenvalue weighted by Gasteiger charge is 2.23. The Morgan fingerprint density at radius 3 is 2.94 bits per heavy atom. The third-order valence-corrected chi connectivity index (χ3v) is 3.52. The van der Waals surface area contributed by atoms with E-state index in [2.05, 4.69) is 39.5 Å². The maximum absolute atomic E-state index is 13.6. The number of nitrogens with one attached hydrogen (secondary N) is 2. The summed E-state index contributed by atoms with van der Waals surface area (Å²) in [7, 11) is 3.83. The number of likely N-dealkylation sites (tertiary alicyclic amines) is 1. The van der Waals surface area contributed by atoms with Gasteiger partial charge in [0.1, 0.15) is 0 Å². The predicted octanol–water partition coefficient (Wildman–Crippen LogP) is 1.55. The van der Waals surface area contributed by atoms with Crippen molar-refractivity contribution >= 4 is 11.8 Å². The predicted molar refractivity (Wildman–Crippen MR) is 70.3 cm³/mol. The summed E-state index contributed by atoms with van der Waals surface area (Å²) in [5.74, 6) is 0.316. The van der Waals surface area contributed by atoms with Crippen LogP contribution in [0, 0.1) is 5.82 Å². The van der Waals surface area contributed by atoms with Gasteiger partial charge in [-0.2, -0.15) is 4.98 Å². The first-order valence-electron chi connectivity index (χ1n) is 6.27. The summed E-state index contributed by atoms with van der Waals surface area (Å²) in [6.07, 6.45) is 3.19. The SMILES string of the molecule is CNc1ncc(F)c(NC2CCN(C)C(C)C2)n1. The van der Waals surface area contributed by atoms with E-state index >= 15 is 0 Å². The molecule has 2 heterocycles. The van der Waals surface area contributed by atoms with Crippen LogP contribution in [0.1, 0.15) is 19.8 Å². The lowest BCUT2D eigenvalue weighted by molar-refractivity contribution is 0.190. The number of hydrogen-bond donors (Lipinski definition) is 2. The molecule has 100 valence electrons. The van der Waals surface area contributed by atoms with Crippen LogP contribution in [-0.2, 0) is 0 Å². The number of anilines is 2. The van der Waals surface area contributed by atoms with Crippen molar-refractivity contribution in [3.63, 3.8) is 0 Å². The minimum absolute atomic E-state index is 0.269. The molecule has 2 unspecified atom stereocenters. The van der Waals surface area contributed by atoms with Crippen LogP contribution in [0.3, 0.4) is 0 Å². The van der Waals surface area contributed by atoms with E-state index in [0.717, 1.165) is 19.4 Å². The molecule has 0 aliphatic carbocycles. The van der Waals surface area contributed by atoms with E-state index in [1.165, 1.54) is 6.20 Å². The molecule has 0 bridgehead atoms. The van der Waals surface area contributed by atoms with Crippen LogP contribution >= 0.6 is 0 Å². The van der Waals surface area contributed by atoms with Gasteiger partial charge in [0.25, 0.3) is 0 Å². The zero-order valence-corrected chi connectivity index (χ0v) is 11.1. The van der Waals surface area contributed by atoms with Crippen LogP contribution in [0.25, 0.3) is 0 Å². The molecule has 0 aromatic carbocycles. The van der Waals surface area contributed by atoms with Crippen LogP contribution < -0.4 is 10.6 Å². The van der Waals surface area contributed by atoms with Crippen LogP contribution in [0.15, 0.2) is 6.20 Å². The van der Waals surface area contributed by atoms with Crippen molar-refractivity contribution in [2.45, 2.75) is 31.8 Å². The van der Waals surface area contributed by atoms with Crippen molar-refractivity contribution < 1.29 is 4.39 Å². The lowest BCUT2D eigenvalue weighted by Crippen LogP contribution is -2.42. The van der Waals surface area contributed by atoms with Crippen molar-refractivity contribution in [1.29, 1.82) is 0 Å². The Hall–Kier alpha value is -1.43. The Morgan fingerprint density at radius 2 is 2.28 bits per heavy atom. The number of rotatable bonds is 3. The molecule has 6 heteroatoms. The highest BCUT2D eigenvalue weighted by molar-refractivity contribution is 5.41. The Labute approximate surface area is 107 Å². The number of piperidine rings is 1. The first-order chi connectivity index (χ1) is 8.60. The standard InChI is InChI=1S/C12H20FN5/c1-8-6-9(4-5-18(8)3)16-11-10(13)7-15-12(14-2)17-11/h7-9H,4-6H2,1-3H3,(H2,14,15,16,17). The Balaban J connectivity index is 2.05. The molecule has 1 aromatic rings. The summed E-state index contributed by atoms with van der Waals surface area (Å²) in [6.45, 7) is 3.20. The summed E-state index contributed by atoms with van der Waals surface area (Å²) in [4.78, 5) is 10.3. The number of nitrogens with zero attached hydrogens (tertiary/aromatic N) is 3. The van der Waals surface area contributed by atoms with E-state index in [4.69, 9.17) is 0 Å². The molecule has 0 saturated carbocycles. The maximum Gasteiger partial charge on any atom is 0.224 e.